The predicted octanol–water partition coefficient (Wildman–Crippen LogP) is 5.32. The standard InChI is InChI=1S/C28H51NO6/c1-2-3-4-5-6-7-8-9-10-11-12-13-14-15-16-17-18-19-20-21-22-29(23-26(30)31,24-27(32)33)25-28(34)35/h16-17H,2-15,18-25H2,1H3,(H2-,30,31,32,33,34,35)/b17-16+. The maximum absolute atomic E-state index is 11.2. The van der Waals surface area contributed by atoms with E-state index >= 15 is 0 Å². The van der Waals surface area contributed by atoms with Gasteiger partial charge in [0.25, 0.3) is 0 Å². The summed E-state index contributed by atoms with van der Waals surface area (Å²) in [5.74, 6) is -3.84. The molecule has 0 saturated carbocycles. The molecule has 0 rings (SSSR count). The molecule has 0 aromatic rings. The van der Waals surface area contributed by atoms with E-state index < -0.39 is 42.0 Å². The second-order valence-electron chi connectivity index (χ2n) is 10.1. The van der Waals surface area contributed by atoms with Crippen LogP contribution in [-0.4, -0.2) is 58.8 Å². The van der Waals surface area contributed by atoms with E-state index in [2.05, 4.69) is 19.1 Å². The summed E-state index contributed by atoms with van der Waals surface area (Å²) < 4.78 is -0.512. The minimum atomic E-state index is -1.43. The average Bonchev–Trinajstić information content (AvgIpc) is 2.76. The van der Waals surface area contributed by atoms with Crippen molar-refractivity contribution in [2.75, 3.05) is 26.2 Å². The highest BCUT2D eigenvalue weighted by atomic mass is 16.4. The molecule has 2 N–H and O–H groups in total. The third-order valence-electron chi connectivity index (χ3n) is 6.55. The number of nitrogens with zero attached hydrogens (tertiary/aromatic N) is 1. The number of quaternary nitrogens is 1. The molecule has 0 aliphatic rings. The monoisotopic (exact) mass is 497 g/mol. The third kappa shape index (κ3) is 22.3. The van der Waals surface area contributed by atoms with Crippen molar-refractivity contribution in [1.29, 1.82) is 0 Å². The van der Waals surface area contributed by atoms with Gasteiger partial charge in [-0.25, -0.2) is 9.59 Å². The first-order valence-electron chi connectivity index (χ1n) is 13.9. The molecule has 0 spiro atoms. The van der Waals surface area contributed by atoms with Crippen LogP contribution >= 0.6 is 0 Å². The highest BCUT2D eigenvalue weighted by Crippen LogP contribution is 2.14. The zero-order valence-electron chi connectivity index (χ0n) is 22.2. The molecule has 35 heavy (non-hydrogen) atoms. The van der Waals surface area contributed by atoms with E-state index in [0.717, 1.165) is 25.7 Å². The van der Waals surface area contributed by atoms with Crippen molar-refractivity contribution in [2.45, 2.75) is 122 Å². The van der Waals surface area contributed by atoms with Gasteiger partial charge in [0.2, 0.25) is 0 Å². The van der Waals surface area contributed by atoms with Crippen LogP contribution in [0.15, 0.2) is 12.2 Å². The SMILES string of the molecule is CCCCCCCCCCCCCCC/C=C/CCCCC[N+](CC(=O)[O-])(CC(=O)O)CC(=O)O. The summed E-state index contributed by atoms with van der Waals surface area (Å²) >= 11 is 0. The Balaban J connectivity index is 3.76. The van der Waals surface area contributed by atoms with Gasteiger partial charge in [0, 0.05) is 0 Å². The molecule has 0 aliphatic heterocycles. The van der Waals surface area contributed by atoms with Gasteiger partial charge in [-0.2, -0.15) is 0 Å². The van der Waals surface area contributed by atoms with E-state index in [0.29, 0.717) is 6.42 Å². The number of unbranched alkanes of at least 4 members (excludes halogenated alkanes) is 16. The molecule has 0 saturated heterocycles. The van der Waals surface area contributed by atoms with Crippen LogP contribution in [0.5, 0.6) is 0 Å². The Kier molecular flexibility index (Phi) is 21.3. The van der Waals surface area contributed by atoms with E-state index in [9.17, 15) is 19.5 Å². The minimum Gasteiger partial charge on any atom is -0.544 e. The first kappa shape index (κ1) is 33.1. The molecule has 0 aliphatic carbocycles. The van der Waals surface area contributed by atoms with Gasteiger partial charge in [-0.15, -0.1) is 0 Å². The van der Waals surface area contributed by atoms with E-state index in [1.165, 1.54) is 83.5 Å². The number of aliphatic carboxylic acids is 3. The number of carboxylic acid groups (broad SMARTS) is 3. The summed E-state index contributed by atoms with van der Waals surface area (Å²) in [6.45, 7) is 0.807. The maximum Gasteiger partial charge on any atom is 0.359 e. The molecule has 0 bridgehead atoms. The fraction of sp³-hybridized carbons (Fsp3) is 0.821. The van der Waals surface area contributed by atoms with Crippen LogP contribution in [-0.2, 0) is 14.4 Å². The van der Waals surface area contributed by atoms with E-state index in [1.807, 2.05) is 0 Å². The van der Waals surface area contributed by atoms with Crippen molar-refractivity contribution >= 4 is 17.9 Å². The van der Waals surface area contributed by atoms with Crippen molar-refractivity contribution in [2.24, 2.45) is 0 Å². The molecule has 7 nitrogen and oxygen atoms in total. The summed E-state index contributed by atoms with van der Waals surface area (Å²) in [6, 6.07) is 0. The van der Waals surface area contributed by atoms with Crippen molar-refractivity contribution < 1.29 is 34.2 Å². The van der Waals surface area contributed by atoms with Gasteiger partial charge in [0.1, 0.15) is 6.54 Å². The number of carbonyl (C=O) groups is 3. The lowest BCUT2D eigenvalue weighted by Crippen LogP contribution is -2.59. The molecule has 0 aromatic heterocycles. The lowest BCUT2D eigenvalue weighted by molar-refractivity contribution is -0.909. The highest BCUT2D eigenvalue weighted by Gasteiger charge is 2.33. The number of carboxylic acids is 3. The predicted molar refractivity (Wildman–Crippen MR) is 138 cm³/mol. The summed E-state index contributed by atoms with van der Waals surface area (Å²) in [6.07, 6.45) is 26.4. The second kappa shape index (κ2) is 22.6. The number of hydrogen-bond acceptors (Lipinski definition) is 4. The molecular formula is C28H51NO6. The number of hydrogen-bond donors (Lipinski definition) is 2. The van der Waals surface area contributed by atoms with Crippen LogP contribution < -0.4 is 5.11 Å². The molecule has 0 unspecified atom stereocenters. The molecule has 0 radical (unpaired) electrons. The Hall–Kier alpha value is -1.89. The Bertz CT molecular complexity index is 549. The van der Waals surface area contributed by atoms with Crippen molar-refractivity contribution in [3.05, 3.63) is 12.2 Å². The molecule has 0 heterocycles. The van der Waals surface area contributed by atoms with Gasteiger partial charge in [-0.05, 0) is 38.5 Å². The van der Waals surface area contributed by atoms with Crippen molar-refractivity contribution in [3.8, 4) is 0 Å². The van der Waals surface area contributed by atoms with Crippen LogP contribution in [0.2, 0.25) is 0 Å². The molecule has 204 valence electrons. The molecule has 0 atom stereocenters. The van der Waals surface area contributed by atoms with Crippen molar-refractivity contribution in [3.63, 3.8) is 0 Å². The minimum absolute atomic E-state index is 0.204. The van der Waals surface area contributed by atoms with Crippen LogP contribution in [0.25, 0.3) is 0 Å². The van der Waals surface area contributed by atoms with Crippen LogP contribution in [0, 0.1) is 0 Å². The highest BCUT2D eigenvalue weighted by molar-refractivity contribution is 5.72. The fourth-order valence-corrected chi connectivity index (χ4v) is 4.65. The van der Waals surface area contributed by atoms with Gasteiger partial charge in [0.05, 0.1) is 12.5 Å². The Morgan fingerprint density at radius 3 is 1.34 bits per heavy atom. The zero-order chi connectivity index (χ0) is 26.2. The molecule has 7 heteroatoms. The lowest BCUT2D eigenvalue weighted by Gasteiger charge is -2.36. The van der Waals surface area contributed by atoms with Crippen molar-refractivity contribution in [1.82, 2.24) is 0 Å². The Morgan fingerprint density at radius 2 is 0.971 bits per heavy atom. The molecule has 0 fully saturated rings. The van der Waals surface area contributed by atoms with E-state index in [4.69, 9.17) is 10.2 Å². The first-order valence-corrected chi connectivity index (χ1v) is 13.9. The van der Waals surface area contributed by atoms with Gasteiger partial charge in [-0.3, -0.25) is 0 Å². The van der Waals surface area contributed by atoms with Crippen LogP contribution in [0.1, 0.15) is 122 Å². The second-order valence-corrected chi connectivity index (χ2v) is 10.1. The zero-order valence-corrected chi connectivity index (χ0v) is 22.2. The molecular weight excluding hydrogens is 446 g/mol. The largest absolute Gasteiger partial charge is 0.544 e. The molecule has 0 amide bonds. The number of carbonyl (C=O) groups excluding carboxylic acids is 1. The lowest BCUT2D eigenvalue weighted by atomic mass is 10.0. The topological polar surface area (TPSA) is 115 Å². The van der Waals surface area contributed by atoms with Gasteiger partial charge >= 0.3 is 11.9 Å². The van der Waals surface area contributed by atoms with E-state index in [-0.39, 0.29) is 6.54 Å². The Labute approximate surface area is 213 Å². The fourth-order valence-electron chi connectivity index (χ4n) is 4.65. The Morgan fingerprint density at radius 1 is 0.600 bits per heavy atom. The average molecular weight is 498 g/mol. The number of rotatable bonds is 26. The summed E-state index contributed by atoms with van der Waals surface area (Å²) in [5.41, 5.74) is 0. The molecule has 0 aromatic carbocycles. The van der Waals surface area contributed by atoms with E-state index in [1.54, 1.807) is 0 Å². The van der Waals surface area contributed by atoms with Crippen LogP contribution in [0.3, 0.4) is 0 Å². The summed E-state index contributed by atoms with van der Waals surface area (Å²) in [5, 5.41) is 29.3. The third-order valence-corrected chi connectivity index (χ3v) is 6.55. The quantitative estimate of drug-likeness (QED) is 0.0949. The normalized spacial score (nSPS) is 11.8. The van der Waals surface area contributed by atoms with Gasteiger partial charge in [0.15, 0.2) is 13.1 Å². The summed E-state index contributed by atoms with van der Waals surface area (Å²) in [7, 11) is 0. The van der Waals surface area contributed by atoms with Gasteiger partial charge < -0.3 is 24.6 Å². The van der Waals surface area contributed by atoms with Crippen LogP contribution in [0.4, 0.5) is 0 Å². The number of allylic oxidation sites excluding steroid dienone is 2. The summed E-state index contributed by atoms with van der Waals surface area (Å²) in [4.78, 5) is 33.4. The maximum atomic E-state index is 11.2. The van der Waals surface area contributed by atoms with Gasteiger partial charge in [-0.1, -0.05) is 96.1 Å². The first-order chi connectivity index (χ1) is 16.8. The smallest absolute Gasteiger partial charge is 0.359 e.